The standard InChI is InChI=1S/C8H8O5/c9-5(4-6(10)8(11)12)7-2-1-3-13-7/h1-3,6,10H,4H2,(H,11,12). The molecule has 0 bridgehead atoms. The topological polar surface area (TPSA) is 87.7 Å². The summed E-state index contributed by atoms with van der Waals surface area (Å²) in [5.74, 6) is -1.89. The minimum absolute atomic E-state index is 0.0558. The van der Waals surface area contributed by atoms with Crippen molar-refractivity contribution >= 4 is 11.8 Å². The molecule has 1 unspecified atom stereocenters. The van der Waals surface area contributed by atoms with Gasteiger partial charge >= 0.3 is 5.97 Å². The maximum absolute atomic E-state index is 11.1. The molecule has 1 aromatic heterocycles. The Labute approximate surface area is 73.6 Å². The van der Waals surface area contributed by atoms with E-state index in [1.165, 1.54) is 18.4 Å². The van der Waals surface area contributed by atoms with Crippen LogP contribution in [0.25, 0.3) is 0 Å². The van der Waals surface area contributed by atoms with E-state index in [-0.39, 0.29) is 5.76 Å². The number of aliphatic hydroxyl groups is 1. The summed E-state index contributed by atoms with van der Waals surface area (Å²) >= 11 is 0. The molecule has 1 rings (SSSR count). The maximum Gasteiger partial charge on any atom is 0.333 e. The van der Waals surface area contributed by atoms with Crippen LogP contribution in [0.2, 0.25) is 0 Å². The number of carboxylic acid groups (broad SMARTS) is 1. The van der Waals surface area contributed by atoms with E-state index in [0.717, 1.165) is 0 Å². The van der Waals surface area contributed by atoms with Crippen molar-refractivity contribution in [3.05, 3.63) is 24.2 Å². The smallest absolute Gasteiger partial charge is 0.333 e. The van der Waals surface area contributed by atoms with Gasteiger partial charge in [0, 0.05) is 0 Å². The number of hydrogen-bond acceptors (Lipinski definition) is 4. The lowest BCUT2D eigenvalue weighted by molar-refractivity contribution is -0.146. The number of aliphatic hydroxyl groups excluding tert-OH is 1. The summed E-state index contributed by atoms with van der Waals surface area (Å²) in [6.07, 6.45) is -0.832. The lowest BCUT2D eigenvalue weighted by Crippen LogP contribution is -2.22. The molecule has 1 aromatic rings. The van der Waals surface area contributed by atoms with Gasteiger partial charge in [0.05, 0.1) is 12.7 Å². The molecule has 0 aliphatic heterocycles. The van der Waals surface area contributed by atoms with Crippen molar-refractivity contribution in [3.8, 4) is 0 Å². The Hall–Kier alpha value is -1.62. The van der Waals surface area contributed by atoms with Crippen molar-refractivity contribution in [3.63, 3.8) is 0 Å². The molecular weight excluding hydrogens is 176 g/mol. The van der Waals surface area contributed by atoms with Crippen LogP contribution in [0.1, 0.15) is 17.0 Å². The van der Waals surface area contributed by atoms with E-state index in [1.807, 2.05) is 0 Å². The van der Waals surface area contributed by atoms with Gasteiger partial charge in [0.1, 0.15) is 0 Å². The van der Waals surface area contributed by atoms with E-state index in [1.54, 1.807) is 0 Å². The molecule has 1 heterocycles. The van der Waals surface area contributed by atoms with E-state index < -0.39 is 24.3 Å². The van der Waals surface area contributed by atoms with E-state index in [4.69, 9.17) is 14.6 Å². The molecule has 0 aliphatic rings. The average molecular weight is 184 g/mol. The van der Waals surface area contributed by atoms with Gasteiger partial charge in [-0.15, -0.1) is 0 Å². The van der Waals surface area contributed by atoms with Crippen LogP contribution in [0.4, 0.5) is 0 Å². The molecule has 5 heteroatoms. The summed E-state index contributed by atoms with van der Waals surface area (Å²) < 4.78 is 4.72. The van der Waals surface area contributed by atoms with E-state index in [2.05, 4.69) is 0 Å². The molecule has 0 radical (unpaired) electrons. The number of carbonyl (C=O) groups excluding carboxylic acids is 1. The summed E-state index contributed by atoms with van der Waals surface area (Å²) in [7, 11) is 0. The predicted molar refractivity (Wildman–Crippen MR) is 41.3 cm³/mol. The largest absolute Gasteiger partial charge is 0.479 e. The highest BCUT2D eigenvalue weighted by Gasteiger charge is 2.19. The molecule has 0 amide bonds. The molecule has 0 saturated carbocycles. The Morgan fingerprint density at radius 1 is 1.54 bits per heavy atom. The highest BCUT2D eigenvalue weighted by atomic mass is 16.4. The fraction of sp³-hybridized carbons (Fsp3) is 0.250. The maximum atomic E-state index is 11.1. The van der Waals surface area contributed by atoms with Crippen LogP contribution in [-0.2, 0) is 4.79 Å². The number of carboxylic acids is 1. The van der Waals surface area contributed by atoms with Crippen molar-refractivity contribution < 1.29 is 24.2 Å². The second-order valence-corrected chi connectivity index (χ2v) is 2.46. The first kappa shape index (κ1) is 9.47. The van der Waals surface area contributed by atoms with Gasteiger partial charge in [0.15, 0.2) is 11.9 Å². The second-order valence-electron chi connectivity index (χ2n) is 2.46. The second kappa shape index (κ2) is 3.86. The number of Topliss-reactive ketones (excluding diaryl/α,β-unsaturated/α-hetero) is 1. The van der Waals surface area contributed by atoms with Gasteiger partial charge in [-0.2, -0.15) is 0 Å². The van der Waals surface area contributed by atoms with E-state index >= 15 is 0 Å². The van der Waals surface area contributed by atoms with Gasteiger partial charge in [0.2, 0.25) is 5.78 Å². The summed E-state index contributed by atoms with van der Waals surface area (Å²) in [6.45, 7) is 0. The van der Waals surface area contributed by atoms with Crippen molar-refractivity contribution in [2.75, 3.05) is 0 Å². The fourth-order valence-electron chi connectivity index (χ4n) is 0.801. The van der Waals surface area contributed by atoms with E-state index in [0.29, 0.717) is 0 Å². The van der Waals surface area contributed by atoms with E-state index in [9.17, 15) is 9.59 Å². The van der Waals surface area contributed by atoms with Crippen LogP contribution >= 0.6 is 0 Å². The third-order valence-corrected chi connectivity index (χ3v) is 1.46. The first-order valence-corrected chi connectivity index (χ1v) is 3.59. The quantitative estimate of drug-likeness (QED) is 0.657. The number of aliphatic carboxylic acids is 1. The van der Waals surface area contributed by atoms with Crippen molar-refractivity contribution in [1.82, 2.24) is 0 Å². The van der Waals surface area contributed by atoms with Crippen molar-refractivity contribution in [2.45, 2.75) is 12.5 Å². The summed E-state index contributed by atoms with van der Waals surface area (Å²) in [4.78, 5) is 21.3. The van der Waals surface area contributed by atoms with Gasteiger partial charge < -0.3 is 14.6 Å². The molecule has 13 heavy (non-hydrogen) atoms. The molecule has 0 fully saturated rings. The van der Waals surface area contributed by atoms with Crippen LogP contribution in [0, 0.1) is 0 Å². The van der Waals surface area contributed by atoms with Crippen LogP contribution < -0.4 is 0 Å². The Balaban J connectivity index is 2.56. The molecule has 0 saturated heterocycles. The summed E-state index contributed by atoms with van der Waals surface area (Å²) in [5.41, 5.74) is 0. The monoisotopic (exact) mass is 184 g/mol. The molecular formula is C8H8O5. The van der Waals surface area contributed by atoms with Gasteiger partial charge in [-0.1, -0.05) is 0 Å². The fourth-order valence-corrected chi connectivity index (χ4v) is 0.801. The number of carbonyl (C=O) groups is 2. The molecule has 5 nitrogen and oxygen atoms in total. The molecule has 1 atom stereocenters. The summed E-state index contributed by atoms with van der Waals surface area (Å²) in [5, 5.41) is 17.1. The normalized spacial score (nSPS) is 12.4. The first-order chi connectivity index (χ1) is 6.11. The molecule has 70 valence electrons. The summed E-state index contributed by atoms with van der Waals surface area (Å²) in [6, 6.07) is 2.93. The molecule has 2 N–H and O–H groups in total. The van der Waals surface area contributed by atoms with Crippen LogP contribution in [0.3, 0.4) is 0 Å². The number of furan rings is 1. The van der Waals surface area contributed by atoms with Crippen LogP contribution in [0.15, 0.2) is 22.8 Å². The predicted octanol–water partition coefficient (Wildman–Crippen LogP) is 0.298. The van der Waals surface area contributed by atoms with Crippen molar-refractivity contribution in [1.29, 1.82) is 0 Å². The van der Waals surface area contributed by atoms with Crippen LogP contribution in [-0.4, -0.2) is 28.1 Å². The van der Waals surface area contributed by atoms with Gasteiger partial charge in [-0.05, 0) is 12.1 Å². The number of hydrogen-bond donors (Lipinski definition) is 2. The lowest BCUT2D eigenvalue weighted by atomic mass is 10.1. The zero-order valence-corrected chi connectivity index (χ0v) is 6.64. The number of ketones is 1. The van der Waals surface area contributed by atoms with Gasteiger partial charge in [-0.25, -0.2) is 4.79 Å². The average Bonchev–Trinajstić information content (AvgIpc) is 2.55. The number of rotatable bonds is 4. The molecule has 0 aromatic carbocycles. The third kappa shape index (κ3) is 2.41. The Morgan fingerprint density at radius 3 is 2.69 bits per heavy atom. The SMILES string of the molecule is O=C(CC(O)C(=O)O)c1ccco1. The zero-order chi connectivity index (χ0) is 9.84. The Kier molecular flexibility index (Phi) is 2.81. The highest BCUT2D eigenvalue weighted by molar-refractivity contribution is 5.96. The zero-order valence-electron chi connectivity index (χ0n) is 6.64. The molecule has 0 aliphatic carbocycles. The molecule has 0 spiro atoms. The van der Waals surface area contributed by atoms with Gasteiger partial charge in [0.25, 0.3) is 0 Å². The third-order valence-electron chi connectivity index (χ3n) is 1.46. The van der Waals surface area contributed by atoms with Gasteiger partial charge in [-0.3, -0.25) is 4.79 Å². The lowest BCUT2D eigenvalue weighted by Gasteiger charge is -2.01. The first-order valence-electron chi connectivity index (χ1n) is 3.59. The Bertz CT molecular complexity index is 300. The van der Waals surface area contributed by atoms with Crippen LogP contribution in [0.5, 0.6) is 0 Å². The Morgan fingerprint density at radius 2 is 2.23 bits per heavy atom. The minimum Gasteiger partial charge on any atom is -0.479 e. The highest BCUT2D eigenvalue weighted by Crippen LogP contribution is 2.06. The van der Waals surface area contributed by atoms with Crippen molar-refractivity contribution in [2.24, 2.45) is 0 Å². The minimum atomic E-state index is -1.67.